The molecule has 0 fully saturated rings. The van der Waals surface area contributed by atoms with Gasteiger partial charge >= 0.3 is 0 Å². The molecule has 0 radical (unpaired) electrons. The lowest BCUT2D eigenvalue weighted by molar-refractivity contribution is 0.618. The van der Waals surface area contributed by atoms with Crippen molar-refractivity contribution in [2.75, 3.05) is 0 Å². The van der Waals surface area contributed by atoms with Crippen molar-refractivity contribution in [2.24, 2.45) is 10.9 Å². The zero-order valence-electron chi connectivity index (χ0n) is 11.0. The Bertz CT molecular complexity index is 444. The number of halogens is 1. The van der Waals surface area contributed by atoms with Crippen LogP contribution in [0.25, 0.3) is 5.70 Å². The van der Waals surface area contributed by atoms with Crippen molar-refractivity contribution in [1.29, 1.82) is 0 Å². The van der Waals surface area contributed by atoms with Crippen LogP contribution >= 0.6 is 0 Å². The van der Waals surface area contributed by atoms with Crippen LogP contribution in [-0.2, 0) is 0 Å². The Morgan fingerprint density at radius 3 is 2.59 bits per heavy atom. The molecule has 92 valence electrons. The van der Waals surface area contributed by atoms with E-state index >= 15 is 0 Å². The highest BCUT2D eigenvalue weighted by Gasteiger charge is 2.03. The van der Waals surface area contributed by atoms with Gasteiger partial charge in [0.2, 0.25) is 0 Å². The molecule has 0 saturated carbocycles. The van der Waals surface area contributed by atoms with Gasteiger partial charge in [-0.3, -0.25) is 4.99 Å². The molecule has 0 spiro atoms. The summed E-state index contributed by atoms with van der Waals surface area (Å²) in [5.74, 6) is 0.394. The molecule has 0 bridgehead atoms. The first-order valence-corrected chi connectivity index (χ1v) is 5.89. The zero-order valence-corrected chi connectivity index (χ0v) is 11.0. The van der Waals surface area contributed by atoms with Crippen molar-refractivity contribution in [3.8, 4) is 0 Å². The van der Waals surface area contributed by atoms with Crippen LogP contribution in [0.5, 0.6) is 0 Å². The fraction of sp³-hybridized carbons (Fsp3) is 0.400. The normalized spacial score (nSPS) is 12.0. The second-order valence-electron chi connectivity index (χ2n) is 4.86. The minimum Gasteiger partial charge on any atom is -0.258 e. The molecule has 0 heterocycles. The number of hydrogen-bond acceptors (Lipinski definition) is 1. The molecule has 2 heteroatoms. The molecule has 1 rings (SSSR count). The van der Waals surface area contributed by atoms with Crippen molar-refractivity contribution in [3.05, 3.63) is 41.7 Å². The van der Waals surface area contributed by atoms with Crippen molar-refractivity contribution in [2.45, 2.75) is 34.1 Å². The Balaban J connectivity index is 2.86. The van der Waals surface area contributed by atoms with Gasteiger partial charge in [0.25, 0.3) is 0 Å². The van der Waals surface area contributed by atoms with Crippen LogP contribution in [0, 0.1) is 18.7 Å². The Morgan fingerprint density at radius 1 is 1.41 bits per heavy atom. The number of benzene rings is 1. The molecular formula is C15H20FN. The molecule has 0 aliphatic rings. The van der Waals surface area contributed by atoms with Gasteiger partial charge in [-0.25, -0.2) is 4.39 Å². The van der Waals surface area contributed by atoms with E-state index in [9.17, 15) is 4.39 Å². The highest BCUT2D eigenvalue weighted by Crippen LogP contribution is 2.18. The maximum Gasteiger partial charge on any atom is 0.126 e. The zero-order chi connectivity index (χ0) is 13.0. The van der Waals surface area contributed by atoms with Crippen molar-refractivity contribution in [3.63, 3.8) is 0 Å². The Hall–Kier alpha value is -1.44. The molecule has 0 aliphatic carbocycles. The maximum atomic E-state index is 13.1. The van der Waals surface area contributed by atoms with E-state index < -0.39 is 0 Å². The fourth-order valence-electron chi connectivity index (χ4n) is 1.76. The molecule has 1 nitrogen and oxygen atoms in total. The van der Waals surface area contributed by atoms with Crippen LogP contribution in [0.15, 0.2) is 29.8 Å². The van der Waals surface area contributed by atoms with Gasteiger partial charge in [0.15, 0.2) is 0 Å². The average Bonchev–Trinajstić information content (AvgIpc) is 2.20. The van der Waals surface area contributed by atoms with Gasteiger partial charge in [0.1, 0.15) is 5.82 Å². The summed E-state index contributed by atoms with van der Waals surface area (Å²) in [7, 11) is 0. The molecule has 0 atom stereocenters. The molecule has 0 N–H and O–H groups in total. The average molecular weight is 233 g/mol. The van der Waals surface area contributed by atoms with Crippen LogP contribution in [0.4, 0.5) is 4.39 Å². The van der Waals surface area contributed by atoms with Crippen LogP contribution in [0.2, 0.25) is 0 Å². The summed E-state index contributed by atoms with van der Waals surface area (Å²) in [6.07, 6.45) is 0.958. The molecule has 0 aromatic heterocycles. The molecule has 0 amide bonds. The summed E-state index contributed by atoms with van der Waals surface area (Å²) >= 11 is 0. The predicted molar refractivity (Wildman–Crippen MR) is 72.7 cm³/mol. The molecular weight excluding hydrogens is 213 g/mol. The standard InChI is InChI=1S/C15H20FN/c1-10(2)8-12(4)17-13(5)14-6-7-15(16)11(3)9-14/h6-7,9-10H,5,8H2,1-4H3. The lowest BCUT2D eigenvalue weighted by Gasteiger charge is -2.07. The topological polar surface area (TPSA) is 12.4 Å². The van der Waals surface area contributed by atoms with E-state index in [2.05, 4.69) is 25.4 Å². The van der Waals surface area contributed by atoms with Gasteiger partial charge in [0, 0.05) is 5.71 Å². The number of hydrogen-bond donors (Lipinski definition) is 0. The minimum atomic E-state index is -0.190. The molecule has 1 aromatic rings. The van der Waals surface area contributed by atoms with Crippen LogP contribution in [0.1, 0.15) is 38.3 Å². The molecule has 1 aromatic carbocycles. The molecule has 0 unspecified atom stereocenters. The third-order valence-corrected chi connectivity index (χ3v) is 2.52. The fourth-order valence-corrected chi connectivity index (χ4v) is 1.76. The van der Waals surface area contributed by atoms with Gasteiger partial charge in [-0.15, -0.1) is 0 Å². The summed E-state index contributed by atoms with van der Waals surface area (Å²) in [6.45, 7) is 12.0. The molecule has 0 saturated heterocycles. The van der Waals surface area contributed by atoms with E-state index in [0.717, 1.165) is 17.7 Å². The first kappa shape index (κ1) is 13.6. The van der Waals surface area contributed by atoms with Gasteiger partial charge in [-0.2, -0.15) is 0 Å². The highest BCUT2D eigenvalue weighted by molar-refractivity contribution is 5.87. The van der Waals surface area contributed by atoms with E-state index in [0.29, 0.717) is 17.2 Å². The van der Waals surface area contributed by atoms with Gasteiger partial charge in [0.05, 0.1) is 5.70 Å². The predicted octanol–water partition coefficient (Wildman–Crippen LogP) is 4.61. The maximum absolute atomic E-state index is 13.1. The Morgan fingerprint density at radius 2 is 2.06 bits per heavy atom. The van der Waals surface area contributed by atoms with Gasteiger partial charge in [-0.1, -0.05) is 20.4 Å². The quantitative estimate of drug-likeness (QED) is 0.673. The largest absolute Gasteiger partial charge is 0.258 e. The number of aliphatic imine (C=N–C) groups is 1. The lowest BCUT2D eigenvalue weighted by Crippen LogP contribution is -1.98. The van der Waals surface area contributed by atoms with Crippen molar-refractivity contribution < 1.29 is 4.39 Å². The van der Waals surface area contributed by atoms with E-state index in [1.54, 1.807) is 19.1 Å². The van der Waals surface area contributed by atoms with Gasteiger partial charge < -0.3 is 0 Å². The van der Waals surface area contributed by atoms with Crippen LogP contribution < -0.4 is 0 Å². The second kappa shape index (κ2) is 5.76. The van der Waals surface area contributed by atoms with E-state index in [-0.39, 0.29) is 5.82 Å². The summed E-state index contributed by atoms with van der Waals surface area (Å²) in [5.41, 5.74) is 3.27. The van der Waals surface area contributed by atoms with Crippen LogP contribution in [-0.4, -0.2) is 5.71 Å². The molecule has 0 aliphatic heterocycles. The number of aryl methyl sites for hydroxylation is 1. The summed E-state index contributed by atoms with van der Waals surface area (Å²) in [5, 5.41) is 0. The number of nitrogens with zero attached hydrogens (tertiary/aromatic N) is 1. The van der Waals surface area contributed by atoms with Gasteiger partial charge in [-0.05, 0) is 55.5 Å². The Kier molecular flexibility index (Phi) is 4.62. The monoisotopic (exact) mass is 233 g/mol. The van der Waals surface area contributed by atoms with Crippen LogP contribution in [0.3, 0.4) is 0 Å². The lowest BCUT2D eigenvalue weighted by atomic mass is 10.1. The third-order valence-electron chi connectivity index (χ3n) is 2.52. The summed E-state index contributed by atoms with van der Waals surface area (Å²) in [6, 6.07) is 4.96. The SMILES string of the molecule is C=C(N=C(C)CC(C)C)c1ccc(F)c(C)c1. The van der Waals surface area contributed by atoms with Crippen molar-refractivity contribution in [1.82, 2.24) is 0 Å². The second-order valence-corrected chi connectivity index (χ2v) is 4.86. The third kappa shape index (κ3) is 4.14. The van der Waals surface area contributed by atoms with E-state index in [4.69, 9.17) is 0 Å². The van der Waals surface area contributed by atoms with E-state index in [1.807, 2.05) is 6.92 Å². The van der Waals surface area contributed by atoms with E-state index in [1.165, 1.54) is 6.07 Å². The van der Waals surface area contributed by atoms with Crippen molar-refractivity contribution >= 4 is 11.4 Å². The first-order valence-electron chi connectivity index (χ1n) is 5.89. The summed E-state index contributed by atoms with van der Waals surface area (Å²) in [4.78, 5) is 4.46. The highest BCUT2D eigenvalue weighted by atomic mass is 19.1. The Labute approximate surface area is 103 Å². The summed E-state index contributed by atoms with van der Waals surface area (Å²) < 4.78 is 13.1. The minimum absolute atomic E-state index is 0.190. The first-order chi connectivity index (χ1) is 7.90. The number of rotatable bonds is 4. The smallest absolute Gasteiger partial charge is 0.126 e. The molecule has 17 heavy (non-hydrogen) atoms.